The van der Waals surface area contributed by atoms with Gasteiger partial charge in [0.05, 0.1) is 0 Å². The number of nitrogens with two attached hydrogens (primary N) is 1. The maximum atomic E-state index is 10.6. The molecule has 142 valence electrons. The van der Waals surface area contributed by atoms with Crippen LogP contribution in [0.15, 0.2) is 6.07 Å². The average molecular weight is 363 g/mol. The largest absolute Gasteiger partial charge is 0.490 e. The molecule has 0 unspecified atom stereocenters. The molecular weight excluding hydrogens is 339 g/mol. The molecule has 2 rings (SSSR count). The lowest BCUT2D eigenvalue weighted by atomic mass is 9.92. The van der Waals surface area contributed by atoms with Crippen molar-refractivity contribution >= 4 is 17.6 Å². The number of hydrogen-bond donors (Lipinski definition) is 3. The second-order valence-electron chi connectivity index (χ2n) is 6.11. The maximum absolute atomic E-state index is 10.6. The lowest BCUT2D eigenvalue weighted by molar-refractivity contribution is -0.192. The summed E-state index contributed by atoms with van der Waals surface area (Å²) in [6.07, 6.45) is -0.631. The van der Waals surface area contributed by atoms with Gasteiger partial charge in [-0.15, -0.1) is 0 Å². The van der Waals surface area contributed by atoms with Crippen LogP contribution < -0.4 is 16.0 Å². The molecule has 25 heavy (non-hydrogen) atoms. The molecule has 1 aromatic rings. The van der Waals surface area contributed by atoms with E-state index in [0.717, 1.165) is 43.1 Å². The maximum Gasteiger partial charge on any atom is 0.490 e. The Labute approximate surface area is 144 Å². The van der Waals surface area contributed by atoms with Crippen molar-refractivity contribution in [2.75, 3.05) is 24.3 Å². The zero-order valence-electron chi connectivity index (χ0n) is 14.5. The summed E-state index contributed by atoms with van der Waals surface area (Å²) >= 11 is 0. The minimum atomic E-state index is -5.08. The van der Waals surface area contributed by atoms with Gasteiger partial charge in [-0.2, -0.15) is 13.2 Å². The number of aromatic nitrogens is 2. The minimum Gasteiger partial charge on any atom is -0.475 e. The summed E-state index contributed by atoms with van der Waals surface area (Å²) in [7, 11) is 3.98. The first-order valence-electron chi connectivity index (χ1n) is 7.84. The van der Waals surface area contributed by atoms with Gasteiger partial charge in [0.2, 0.25) is 0 Å². The fraction of sp³-hybridized carbons (Fsp3) is 0.667. The lowest BCUT2D eigenvalue weighted by Gasteiger charge is -2.27. The zero-order valence-corrected chi connectivity index (χ0v) is 14.5. The molecule has 0 bridgehead atoms. The Balaban J connectivity index is 0.000000381. The third-order valence-corrected chi connectivity index (χ3v) is 3.65. The van der Waals surface area contributed by atoms with E-state index in [9.17, 15) is 13.2 Å². The van der Waals surface area contributed by atoms with Crippen LogP contribution in [0, 0.1) is 6.92 Å². The predicted octanol–water partition coefficient (Wildman–Crippen LogP) is 2.17. The monoisotopic (exact) mass is 363 g/mol. The molecule has 7 nitrogen and oxygen atoms in total. The van der Waals surface area contributed by atoms with Crippen molar-refractivity contribution in [3.63, 3.8) is 0 Å². The number of halogens is 3. The quantitative estimate of drug-likeness (QED) is 0.756. The predicted molar refractivity (Wildman–Crippen MR) is 88.6 cm³/mol. The number of aryl methyl sites for hydroxylation is 1. The Hall–Kier alpha value is -2.10. The highest BCUT2D eigenvalue weighted by atomic mass is 19.4. The highest BCUT2D eigenvalue weighted by Gasteiger charge is 2.38. The molecule has 0 saturated heterocycles. The van der Waals surface area contributed by atoms with Crippen molar-refractivity contribution in [2.24, 2.45) is 5.73 Å². The highest BCUT2D eigenvalue weighted by Crippen LogP contribution is 2.22. The van der Waals surface area contributed by atoms with Crippen molar-refractivity contribution in [2.45, 2.75) is 50.9 Å². The third-order valence-electron chi connectivity index (χ3n) is 3.65. The summed E-state index contributed by atoms with van der Waals surface area (Å²) in [5.41, 5.74) is 5.92. The number of carbonyl (C=O) groups is 1. The molecule has 1 aliphatic rings. The SMILES string of the molecule is Cc1nc(N[C@H]2CC[C@@H](N)CC2)cc(N(C)C)n1.O=C(O)C(F)(F)F. The van der Waals surface area contributed by atoms with Crippen LogP contribution in [0.1, 0.15) is 31.5 Å². The van der Waals surface area contributed by atoms with E-state index in [1.807, 2.05) is 32.0 Å². The summed E-state index contributed by atoms with van der Waals surface area (Å²) in [4.78, 5) is 19.7. The Morgan fingerprint density at radius 2 is 1.80 bits per heavy atom. The first-order valence-corrected chi connectivity index (χ1v) is 7.84. The molecule has 1 fully saturated rings. The molecule has 0 radical (unpaired) electrons. The van der Waals surface area contributed by atoms with Crippen LogP contribution in [0.3, 0.4) is 0 Å². The molecule has 4 N–H and O–H groups in total. The second-order valence-corrected chi connectivity index (χ2v) is 6.11. The van der Waals surface area contributed by atoms with Crippen LogP contribution in [-0.4, -0.2) is 53.4 Å². The number of alkyl halides is 3. The Morgan fingerprint density at radius 1 is 1.28 bits per heavy atom. The molecule has 0 amide bonds. The number of carboxylic acid groups (broad SMARTS) is 1. The molecule has 1 saturated carbocycles. The van der Waals surface area contributed by atoms with E-state index in [-0.39, 0.29) is 0 Å². The van der Waals surface area contributed by atoms with Gasteiger partial charge in [0.1, 0.15) is 17.5 Å². The molecule has 1 aliphatic carbocycles. The first kappa shape index (κ1) is 20.9. The molecule has 1 aromatic heterocycles. The normalized spacial score (nSPS) is 20.3. The molecule has 0 spiro atoms. The number of rotatable bonds is 3. The molecule has 0 aliphatic heterocycles. The van der Waals surface area contributed by atoms with Gasteiger partial charge < -0.3 is 21.1 Å². The second kappa shape index (κ2) is 8.84. The summed E-state index contributed by atoms with van der Waals surface area (Å²) < 4.78 is 31.7. The number of nitrogens with one attached hydrogen (secondary N) is 1. The fourth-order valence-electron chi connectivity index (χ4n) is 2.33. The van der Waals surface area contributed by atoms with E-state index in [0.29, 0.717) is 12.1 Å². The number of hydrogen-bond acceptors (Lipinski definition) is 6. The van der Waals surface area contributed by atoms with Gasteiger partial charge in [-0.25, -0.2) is 14.8 Å². The van der Waals surface area contributed by atoms with E-state index >= 15 is 0 Å². The standard InChI is InChI=1S/C13H23N5.C2HF3O2/c1-9-15-12(8-13(16-9)18(2)3)17-11-6-4-10(14)5-7-11;3-2(4,5)1(6)7/h8,10-11H,4-7,14H2,1-3H3,(H,15,16,17);(H,6,7)/t10-,11+;. The topological polar surface area (TPSA) is 104 Å². The van der Waals surface area contributed by atoms with Gasteiger partial charge in [-0.05, 0) is 32.6 Å². The molecule has 1 heterocycles. The van der Waals surface area contributed by atoms with Crippen molar-refractivity contribution < 1.29 is 23.1 Å². The molecule has 0 atom stereocenters. The number of carboxylic acids is 1. The minimum absolute atomic E-state index is 0.382. The van der Waals surface area contributed by atoms with Crippen molar-refractivity contribution in [1.29, 1.82) is 0 Å². The van der Waals surface area contributed by atoms with E-state index < -0.39 is 12.1 Å². The first-order chi connectivity index (χ1) is 11.5. The fourth-order valence-corrected chi connectivity index (χ4v) is 2.33. The Bertz CT molecular complexity index is 573. The molecular formula is C15H24F3N5O2. The van der Waals surface area contributed by atoms with Gasteiger partial charge >= 0.3 is 12.1 Å². The summed E-state index contributed by atoms with van der Waals surface area (Å²) in [5.74, 6) is -0.0899. The summed E-state index contributed by atoms with van der Waals surface area (Å²) in [6, 6.07) is 2.88. The van der Waals surface area contributed by atoms with Crippen molar-refractivity contribution in [3.8, 4) is 0 Å². The Morgan fingerprint density at radius 3 is 2.24 bits per heavy atom. The number of aliphatic carboxylic acids is 1. The van der Waals surface area contributed by atoms with Crippen molar-refractivity contribution in [1.82, 2.24) is 9.97 Å². The zero-order chi connectivity index (χ0) is 19.2. The average Bonchev–Trinajstić information content (AvgIpc) is 2.48. The van der Waals surface area contributed by atoms with Crippen LogP contribution in [0.25, 0.3) is 0 Å². The van der Waals surface area contributed by atoms with Gasteiger partial charge in [-0.3, -0.25) is 0 Å². The third kappa shape index (κ3) is 7.55. The number of nitrogens with zero attached hydrogens (tertiary/aromatic N) is 3. The smallest absolute Gasteiger partial charge is 0.475 e. The number of anilines is 2. The van der Waals surface area contributed by atoms with E-state index in [1.165, 1.54) is 0 Å². The molecule has 0 aromatic carbocycles. The van der Waals surface area contributed by atoms with Gasteiger partial charge in [0.25, 0.3) is 0 Å². The van der Waals surface area contributed by atoms with E-state index in [4.69, 9.17) is 15.6 Å². The van der Waals surface area contributed by atoms with Crippen molar-refractivity contribution in [3.05, 3.63) is 11.9 Å². The summed E-state index contributed by atoms with van der Waals surface area (Å²) in [6.45, 7) is 1.93. The van der Waals surface area contributed by atoms with Crippen LogP contribution in [-0.2, 0) is 4.79 Å². The molecule has 10 heteroatoms. The van der Waals surface area contributed by atoms with Crippen LogP contribution in [0.2, 0.25) is 0 Å². The van der Waals surface area contributed by atoms with Crippen LogP contribution in [0.5, 0.6) is 0 Å². The highest BCUT2D eigenvalue weighted by molar-refractivity contribution is 5.73. The van der Waals surface area contributed by atoms with Gasteiger partial charge in [0, 0.05) is 32.2 Å². The van der Waals surface area contributed by atoms with E-state index in [2.05, 4.69) is 15.3 Å². The summed E-state index contributed by atoms with van der Waals surface area (Å²) in [5, 5.41) is 10.6. The van der Waals surface area contributed by atoms with Crippen LogP contribution in [0.4, 0.5) is 24.8 Å². The van der Waals surface area contributed by atoms with E-state index in [1.54, 1.807) is 0 Å². The Kier molecular flexibility index (Phi) is 7.40. The van der Waals surface area contributed by atoms with Crippen LogP contribution >= 0.6 is 0 Å². The lowest BCUT2D eigenvalue weighted by Crippen LogP contribution is -2.33. The van der Waals surface area contributed by atoms with Gasteiger partial charge in [-0.1, -0.05) is 0 Å². The van der Waals surface area contributed by atoms with Gasteiger partial charge in [0.15, 0.2) is 0 Å².